The molecule has 0 spiro atoms. The van der Waals surface area contributed by atoms with Gasteiger partial charge in [0.2, 0.25) is 0 Å². The Morgan fingerprint density at radius 1 is 1.35 bits per heavy atom. The summed E-state index contributed by atoms with van der Waals surface area (Å²) in [6.45, 7) is 2.15. The number of para-hydroxylation sites is 1. The normalized spacial score (nSPS) is 10.2. The van der Waals surface area contributed by atoms with Gasteiger partial charge in [-0.2, -0.15) is 4.98 Å². The Kier molecular flexibility index (Phi) is 3.20. The van der Waals surface area contributed by atoms with E-state index in [1.165, 1.54) is 6.20 Å². The van der Waals surface area contributed by atoms with Crippen molar-refractivity contribution in [3.8, 4) is 11.5 Å². The first kappa shape index (κ1) is 11.3. The van der Waals surface area contributed by atoms with E-state index in [1.807, 2.05) is 24.3 Å². The van der Waals surface area contributed by atoms with Gasteiger partial charge in [-0.3, -0.25) is 0 Å². The number of nitrogens with one attached hydrogen (secondary N) is 1. The van der Waals surface area contributed by atoms with Crippen molar-refractivity contribution in [2.45, 2.75) is 13.5 Å². The van der Waals surface area contributed by atoms with Gasteiger partial charge in [-0.15, -0.1) is 0 Å². The Bertz CT molecular complexity index is 578. The molecular weight excluding hydrogens is 218 g/mol. The van der Waals surface area contributed by atoms with Crippen LogP contribution in [0.25, 0.3) is 0 Å². The lowest BCUT2D eigenvalue weighted by Crippen LogP contribution is -2.11. The third kappa shape index (κ3) is 2.51. The number of rotatable bonds is 3. The van der Waals surface area contributed by atoms with Crippen molar-refractivity contribution in [1.82, 2.24) is 9.97 Å². The van der Waals surface area contributed by atoms with Crippen LogP contribution in [0.3, 0.4) is 0 Å². The van der Waals surface area contributed by atoms with Crippen molar-refractivity contribution in [3.05, 3.63) is 52.2 Å². The Hall–Kier alpha value is -2.14. The first-order chi connectivity index (χ1) is 8.20. The van der Waals surface area contributed by atoms with Gasteiger partial charge < -0.3 is 15.5 Å². The fraction of sp³-hybridized carbons (Fsp3) is 0.167. The van der Waals surface area contributed by atoms with Crippen molar-refractivity contribution >= 4 is 0 Å². The number of hydrogen-bond acceptors (Lipinski definition) is 4. The van der Waals surface area contributed by atoms with Crippen molar-refractivity contribution in [2.75, 3.05) is 0 Å². The Morgan fingerprint density at radius 3 is 2.82 bits per heavy atom. The fourth-order valence-electron chi connectivity index (χ4n) is 1.46. The first-order valence-corrected chi connectivity index (χ1v) is 5.22. The molecule has 1 aromatic carbocycles. The third-order valence-corrected chi connectivity index (χ3v) is 2.38. The molecule has 0 atom stereocenters. The maximum absolute atomic E-state index is 11.0. The molecule has 5 nitrogen and oxygen atoms in total. The van der Waals surface area contributed by atoms with Gasteiger partial charge in [-0.05, 0) is 13.0 Å². The molecule has 5 heteroatoms. The molecule has 2 rings (SSSR count). The third-order valence-electron chi connectivity index (χ3n) is 2.38. The number of ether oxygens (including phenoxy) is 1. The molecule has 0 saturated heterocycles. The lowest BCUT2D eigenvalue weighted by atomic mass is 10.2. The summed E-state index contributed by atoms with van der Waals surface area (Å²) in [5.41, 5.74) is 6.76. The van der Waals surface area contributed by atoms with Crippen LogP contribution >= 0.6 is 0 Å². The minimum atomic E-state index is -0.387. The number of H-pyrrole nitrogens is 1. The highest BCUT2D eigenvalue weighted by molar-refractivity contribution is 5.37. The average molecular weight is 231 g/mol. The molecule has 17 heavy (non-hydrogen) atoms. The second-order valence-electron chi connectivity index (χ2n) is 3.59. The first-order valence-electron chi connectivity index (χ1n) is 5.22. The Balaban J connectivity index is 2.34. The van der Waals surface area contributed by atoms with Crippen LogP contribution in [0.1, 0.15) is 11.3 Å². The summed E-state index contributed by atoms with van der Waals surface area (Å²) in [5, 5.41) is 0. The van der Waals surface area contributed by atoms with Crippen LogP contribution < -0.4 is 16.2 Å². The van der Waals surface area contributed by atoms with Crippen molar-refractivity contribution in [1.29, 1.82) is 0 Å². The van der Waals surface area contributed by atoms with E-state index in [-0.39, 0.29) is 5.69 Å². The minimum Gasteiger partial charge on any atom is -0.454 e. The lowest BCUT2D eigenvalue weighted by molar-refractivity contribution is 0.466. The fourth-order valence-corrected chi connectivity index (χ4v) is 1.46. The minimum absolute atomic E-state index is 0.387. The summed E-state index contributed by atoms with van der Waals surface area (Å²) in [5.74, 6) is 1.19. The molecule has 0 aliphatic heterocycles. The van der Waals surface area contributed by atoms with E-state index in [1.54, 1.807) is 6.92 Å². The maximum atomic E-state index is 11.0. The zero-order valence-electron chi connectivity index (χ0n) is 9.43. The van der Waals surface area contributed by atoms with Crippen LogP contribution in [0.4, 0.5) is 0 Å². The van der Waals surface area contributed by atoms with Crippen molar-refractivity contribution < 1.29 is 4.74 Å². The van der Waals surface area contributed by atoms with Gasteiger partial charge in [0.25, 0.3) is 0 Å². The molecule has 0 saturated carbocycles. The van der Waals surface area contributed by atoms with Crippen LogP contribution in [-0.4, -0.2) is 9.97 Å². The number of benzene rings is 1. The molecule has 0 aliphatic rings. The van der Waals surface area contributed by atoms with Gasteiger partial charge >= 0.3 is 5.69 Å². The van der Waals surface area contributed by atoms with Crippen LogP contribution in [0, 0.1) is 6.92 Å². The van der Waals surface area contributed by atoms with E-state index >= 15 is 0 Å². The van der Waals surface area contributed by atoms with Gasteiger partial charge in [0, 0.05) is 12.1 Å². The van der Waals surface area contributed by atoms with E-state index in [0.29, 0.717) is 23.7 Å². The second kappa shape index (κ2) is 4.80. The van der Waals surface area contributed by atoms with E-state index in [0.717, 1.165) is 5.56 Å². The maximum Gasteiger partial charge on any atom is 0.345 e. The molecule has 2 aromatic rings. The molecule has 0 aliphatic carbocycles. The summed E-state index contributed by atoms with van der Waals surface area (Å²) in [4.78, 5) is 17.2. The Morgan fingerprint density at radius 2 is 2.12 bits per heavy atom. The largest absolute Gasteiger partial charge is 0.454 e. The number of nitrogens with two attached hydrogens (primary N) is 1. The van der Waals surface area contributed by atoms with Crippen LogP contribution in [0.2, 0.25) is 0 Å². The van der Waals surface area contributed by atoms with Gasteiger partial charge in [0.1, 0.15) is 5.75 Å². The molecule has 0 fully saturated rings. The highest BCUT2D eigenvalue weighted by Crippen LogP contribution is 2.25. The molecular formula is C12H13N3O2. The summed E-state index contributed by atoms with van der Waals surface area (Å²) in [6, 6.07) is 7.48. The van der Waals surface area contributed by atoms with Crippen LogP contribution in [0.15, 0.2) is 35.3 Å². The average Bonchev–Trinajstić information content (AvgIpc) is 2.33. The van der Waals surface area contributed by atoms with E-state index in [2.05, 4.69) is 9.97 Å². The van der Waals surface area contributed by atoms with E-state index in [9.17, 15) is 4.79 Å². The van der Waals surface area contributed by atoms with Crippen molar-refractivity contribution in [3.63, 3.8) is 0 Å². The summed E-state index contributed by atoms with van der Waals surface area (Å²) in [7, 11) is 0. The predicted octanol–water partition coefficient (Wildman–Crippen LogP) is 1.33. The van der Waals surface area contributed by atoms with Crippen LogP contribution in [0.5, 0.6) is 11.5 Å². The summed E-state index contributed by atoms with van der Waals surface area (Å²) in [6.07, 6.45) is 1.40. The molecule has 88 valence electrons. The lowest BCUT2D eigenvalue weighted by Gasteiger charge is -2.10. The van der Waals surface area contributed by atoms with Gasteiger partial charge in [-0.25, -0.2) is 4.79 Å². The van der Waals surface area contributed by atoms with Crippen molar-refractivity contribution in [2.24, 2.45) is 5.73 Å². The molecule has 1 heterocycles. The highest BCUT2D eigenvalue weighted by atomic mass is 16.5. The quantitative estimate of drug-likeness (QED) is 0.835. The molecule has 0 amide bonds. The smallest absolute Gasteiger partial charge is 0.345 e. The zero-order chi connectivity index (χ0) is 12.3. The monoisotopic (exact) mass is 231 g/mol. The number of nitrogens with zero attached hydrogens (tertiary/aromatic N) is 1. The number of hydrogen-bond donors (Lipinski definition) is 2. The zero-order valence-corrected chi connectivity index (χ0v) is 9.43. The van der Waals surface area contributed by atoms with E-state index < -0.39 is 0 Å². The molecule has 3 N–H and O–H groups in total. The number of aromatic amines is 1. The van der Waals surface area contributed by atoms with Gasteiger partial charge in [-0.1, -0.05) is 18.2 Å². The standard InChI is InChI=1S/C12H13N3O2/c1-8-11(7-14-12(16)15-8)17-10-5-3-2-4-9(10)6-13/h2-5,7H,6,13H2,1H3,(H,14,15,16). The molecule has 0 bridgehead atoms. The molecule has 0 radical (unpaired) electrons. The van der Waals surface area contributed by atoms with Crippen LogP contribution in [-0.2, 0) is 6.54 Å². The highest BCUT2D eigenvalue weighted by Gasteiger charge is 2.06. The predicted molar refractivity (Wildman–Crippen MR) is 64.0 cm³/mol. The van der Waals surface area contributed by atoms with E-state index in [4.69, 9.17) is 10.5 Å². The molecule has 0 unspecified atom stereocenters. The summed E-state index contributed by atoms with van der Waals surface area (Å²) < 4.78 is 5.67. The van der Waals surface area contributed by atoms with Gasteiger partial charge in [0.05, 0.1) is 11.9 Å². The second-order valence-corrected chi connectivity index (χ2v) is 3.59. The topological polar surface area (TPSA) is 81.0 Å². The molecule has 1 aromatic heterocycles. The number of aryl methyl sites for hydroxylation is 1. The SMILES string of the molecule is Cc1[nH]c(=O)ncc1Oc1ccccc1CN. The number of aromatic nitrogens is 2. The Labute approximate surface area is 98.3 Å². The summed E-state index contributed by atoms with van der Waals surface area (Å²) >= 11 is 0. The van der Waals surface area contributed by atoms with Gasteiger partial charge in [0.15, 0.2) is 5.75 Å².